The number of likely N-dealkylation sites (N-methyl/N-ethyl adjacent to an activating group) is 1. The van der Waals surface area contributed by atoms with E-state index in [1.807, 2.05) is 0 Å². The minimum atomic E-state index is -0.814. The molecule has 1 aliphatic rings. The summed E-state index contributed by atoms with van der Waals surface area (Å²) in [7, 11) is 1.60. The Labute approximate surface area is 214 Å². The average molecular weight is 534 g/mol. The second-order valence-corrected chi connectivity index (χ2v) is 8.47. The number of rotatable bonds is 7. The molecule has 4 rings (SSSR count). The highest BCUT2D eigenvalue weighted by Gasteiger charge is 2.33. The van der Waals surface area contributed by atoms with Gasteiger partial charge in [-0.25, -0.2) is 8.78 Å². The highest BCUT2D eigenvalue weighted by Crippen LogP contribution is 2.38. The normalized spacial score (nSPS) is 12.6. The van der Waals surface area contributed by atoms with Crippen molar-refractivity contribution in [2.45, 2.75) is 13.5 Å². The summed E-state index contributed by atoms with van der Waals surface area (Å²) in [5, 5.41) is 11.7. The lowest BCUT2D eigenvalue weighted by Gasteiger charge is -2.18. The lowest BCUT2D eigenvalue weighted by atomic mass is 10.2. The smallest absolute Gasteiger partial charge is 0.280 e. The summed E-state index contributed by atoms with van der Waals surface area (Å²) in [6.45, 7) is 0.354. The molecule has 0 aliphatic carbocycles. The van der Waals surface area contributed by atoms with Crippen LogP contribution in [0.1, 0.15) is 11.4 Å². The van der Waals surface area contributed by atoms with Crippen molar-refractivity contribution in [3.63, 3.8) is 0 Å². The van der Waals surface area contributed by atoms with E-state index in [9.17, 15) is 28.3 Å². The van der Waals surface area contributed by atoms with E-state index in [2.05, 4.69) is 10.3 Å². The van der Waals surface area contributed by atoms with Crippen LogP contribution in [0.4, 0.5) is 20.2 Å². The quantitative estimate of drug-likeness (QED) is 0.476. The van der Waals surface area contributed by atoms with Gasteiger partial charge in [-0.1, -0.05) is 11.6 Å². The number of halogens is 3. The summed E-state index contributed by atoms with van der Waals surface area (Å²) in [6.07, 6.45) is 0. The molecular formula is C24H22ClF2N5O5. The number of aryl methyl sites for hydroxylation is 1. The number of aliphatic hydroxyl groups is 1. The van der Waals surface area contributed by atoms with Crippen molar-refractivity contribution >= 4 is 34.8 Å². The van der Waals surface area contributed by atoms with Gasteiger partial charge in [0.05, 0.1) is 23.6 Å². The summed E-state index contributed by atoms with van der Waals surface area (Å²) >= 11 is 6.24. The number of nitrogens with zero attached hydrogens (tertiary/aromatic N) is 4. The van der Waals surface area contributed by atoms with E-state index in [0.29, 0.717) is 23.1 Å². The van der Waals surface area contributed by atoms with E-state index in [1.54, 1.807) is 19.2 Å². The zero-order valence-electron chi connectivity index (χ0n) is 19.8. The summed E-state index contributed by atoms with van der Waals surface area (Å²) in [4.78, 5) is 44.9. The van der Waals surface area contributed by atoms with Gasteiger partial charge in [-0.15, -0.1) is 0 Å². The van der Waals surface area contributed by atoms with Gasteiger partial charge >= 0.3 is 0 Å². The first kappa shape index (κ1) is 26.2. The molecule has 0 radical (unpaired) electrons. The molecule has 0 saturated carbocycles. The Kier molecular flexibility index (Phi) is 7.52. The number of anilines is 2. The molecule has 0 spiro atoms. The summed E-state index contributed by atoms with van der Waals surface area (Å²) < 4.78 is 33.7. The van der Waals surface area contributed by atoms with Crippen molar-refractivity contribution in [2.24, 2.45) is 0 Å². The zero-order chi connectivity index (χ0) is 26.9. The van der Waals surface area contributed by atoms with Gasteiger partial charge < -0.3 is 15.2 Å². The lowest BCUT2D eigenvalue weighted by Crippen LogP contribution is -2.42. The van der Waals surface area contributed by atoms with Crippen molar-refractivity contribution in [1.29, 1.82) is 0 Å². The third-order valence-electron chi connectivity index (χ3n) is 5.69. The number of nitrogens with one attached hydrogen (secondary N) is 1. The molecule has 1 aromatic heterocycles. The number of hydrogen-bond donors (Lipinski definition) is 2. The van der Waals surface area contributed by atoms with Gasteiger partial charge in [0.25, 0.3) is 11.5 Å². The molecule has 0 atom stereocenters. The molecule has 10 nitrogen and oxygen atoms in total. The van der Waals surface area contributed by atoms with Crippen LogP contribution in [0.3, 0.4) is 0 Å². The highest BCUT2D eigenvalue weighted by atomic mass is 35.5. The number of ether oxygens (including phenoxy) is 1. The van der Waals surface area contributed by atoms with Crippen LogP contribution < -0.4 is 25.4 Å². The van der Waals surface area contributed by atoms with Crippen molar-refractivity contribution in [3.05, 3.63) is 74.8 Å². The van der Waals surface area contributed by atoms with Crippen molar-refractivity contribution in [3.8, 4) is 11.6 Å². The van der Waals surface area contributed by atoms with Crippen LogP contribution in [0.2, 0.25) is 5.02 Å². The minimum absolute atomic E-state index is 0.00211. The number of aromatic nitrogens is 2. The van der Waals surface area contributed by atoms with Crippen molar-refractivity contribution < 1.29 is 28.2 Å². The first-order valence-corrected chi connectivity index (χ1v) is 11.4. The zero-order valence-corrected chi connectivity index (χ0v) is 20.6. The van der Waals surface area contributed by atoms with E-state index in [1.165, 1.54) is 33.4 Å². The fourth-order valence-electron chi connectivity index (χ4n) is 3.91. The highest BCUT2D eigenvalue weighted by molar-refractivity contribution is 6.31. The average Bonchev–Trinajstić information content (AvgIpc) is 3.25. The number of amides is 2. The van der Waals surface area contributed by atoms with Crippen molar-refractivity contribution in [1.82, 2.24) is 14.9 Å². The SMILES string of the molecule is CNCC(=O)N1CN(C(=O)CO)c2ccc(-n3c(C)nc(OCc4ccc(F)cc4F)c(Cl)c3=O)cc21. The molecule has 1 aliphatic heterocycles. The van der Waals surface area contributed by atoms with E-state index in [-0.39, 0.29) is 48.0 Å². The maximum Gasteiger partial charge on any atom is 0.280 e. The van der Waals surface area contributed by atoms with Crippen LogP contribution in [0.15, 0.2) is 41.2 Å². The number of hydrogen-bond acceptors (Lipinski definition) is 7. The van der Waals surface area contributed by atoms with E-state index < -0.39 is 29.7 Å². The fraction of sp³-hybridized carbons (Fsp3) is 0.250. The molecule has 194 valence electrons. The summed E-state index contributed by atoms with van der Waals surface area (Å²) in [5.74, 6) is -2.52. The maximum absolute atomic E-state index is 13.9. The van der Waals surface area contributed by atoms with Gasteiger partial charge in [0.1, 0.15) is 37.3 Å². The van der Waals surface area contributed by atoms with E-state index in [4.69, 9.17) is 16.3 Å². The Balaban J connectivity index is 1.70. The first-order chi connectivity index (χ1) is 17.7. The van der Waals surface area contributed by atoms with Crippen LogP contribution in [-0.2, 0) is 16.2 Å². The molecule has 37 heavy (non-hydrogen) atoms. The predicted molar refractivity (Wildman–Crippen MR) is 131 cm³/mol. The Morgan fingerprint density at radius 3 is 2.54 bits per heavy atom. The van der Waals surface area contributed by atoms with Gasteiger partial charge in [0.2, 0.25) is 11.8 Å². The Hall–Kier alpha value is -3.87. The van der Waals surface area contributed by atoms with Crippen LogP contribution >= 0.6 is 11.6 Å². The van der Waals surface area contributed by atoms with Crippen LogP contribution in [-0.4, -0.2) is 53.3 Å². The van der Waals surface area contributed by atoms with E-state index in [0.717, 1.165) is 6.07 Å². The molecule has 0 fully saturated rings. The van der Waals surface area contributed by atoms with E-state index >= 15 is 0 Å². The fourth-order valence-corrected chi connectivity index (χ4v) is 4.10. The third kappa shape index (κ3) is 5.03. The number of fused-ring (bicyclic) bond motifs is 1. The molecule has 0 unspecified atom stereocenters. The van der Waals surface area contributed by atoms with Gasteiger partial charge in [-0.3, -0.25) is 28.8 Å². The molecular weight excluding hydrogens is 512 g/mol. The molecule has 13 heteroatoms. The predicted octanol–water partition coefficient (Wildman–Crippen LogP) is 1.90. The number of carbonyl (C=O) groups is 2. The second-order valence-electron chi connectivity index (χ2n) is 8.09. The Bertz CT molecular complexity index is 1450. The van der Waals surface area contributed by atoms with Crippen LogP contribution in [0.25, 0.3) is 5.69 Å². The molecule has 2 amide bonds. The van der Waals surface area contributed by atoms with Crippen LogP contribution in [0.5, 0.6) is 5.88 Å². The first-order valence-electron chi connectivity index (χ1n) is 11.0. The van der Waals surface area contributed by atoms with Gasteiger partial charge in [-0.2, -0.15) is 4.98 Å². The number of aliphatic hydroxyl groups excluding tert-OH is 1. The monoisotopic (exact) mass is 533 g/mol. The summed E-state index contributed by atoms with van der Waals surface area (Å²) in [6, 6.07) is 7.63. The molecule has 2 heterocycles. The summed E-state index contributed by atoms with van der Waals surface area (Å²) in [5.41, 5.74) is 0.422. The van der Waals surface area contributed by atoms with Gasteiger partial charge in [-0.05, 0) is 44.3 Å². The van der Waals surface area contributed by atoms with Gasteiger partial charge in [0, 0.05) is 11.6 Å². The Morgan fingerprint density at radius 2 is 1.86 bits per heavy atom. The maximum atomic E-state index is 13.9. The molecule has 0 bridgehead atoms. The molecule has 2 aromatic carbocycles. The number of carbonyl (C=O) groups excluding carboxylic acids is 2. The second kappa shape index (κ2) is 10.6. The van der Waals surface area contributed by atoms with Crippen molar-refractivity contribution in [2.75, 3.05) is 36.7 Å². The minimum Gasteiger partial charge on any atom is -0.471 e. The standard InChI is InChI=1S/C24H22ClF2N5O5/c1-13-29-23(37-11-14-3-4-15(26)7-17(14)27)22(25)24(36)32(13)16-5-6-18-19(8-16)31(20(34)9-28-2)12-30(18)21(35)10-33/h3-8,28,33H,9-12H2,1-2H3. The molecule has 3 aromatic rings. The molecule has 2 N–H and O–H groups in total. The Morgan fingerprint density at radius 1 is 1.14 bits per heavy atom. The largest absolute Gasteiger partial charge is 0.471 e. The molecule has 0 saturated heterocycles. The lowest BCUT2D eigenvalue weighted by molar-refractivity contribution is -0.121. The number of benzene rings is 2. The van der Waals surface area contributed by atoms with Crippen LogP contribution in [0, 0.1) is 18.6 Å². The van der Waals surface area contributed by atoms with Gasteiger partial charge in [0.15, 0.2) is 5.02 Å². The third-order valence-corrected chi connectivity index (χ3v) is 6.02. The topological polar surface area (TPSA) is 117 Å².